The highest BCUT2D eigenvalue weighted by molar-refractivity contribution is 7.19. The van der Waals surface area contributed by atoms with Crippen LogP contribution in [-0.2, 0) is 0 Å². The number of hydrogen-bond donors (Lipinski definition) is 0. The van der Waals surface area contributed by atoms with Crippen molar-refractivity contribution in [1.82, 2.24) is 0 Å². The molecule has 5 aromatic rings. The van der Waals surface area contributed by atoms with Crippen LogP contribution in [0.15, 0.2) is 90.3 Å². The quantitative estimate of drug-likeness (QED) is 0.282. The van der Waals surface area contributed by atoms with E-state index in [4.69, 9.17) is 23.2 Å². The molecule has 0 N–H and O–H groups in total. The predicted molar refractivity (Wildman–Crippen MR) is 124 cm³/mol. The normalized spacial score (nSPS) is 11.2. The number of rotatable bonds is 3. The van der Waals surface area contributed by atoms with Crippen molar-refractivity contribution in [2.45, 2.75) is 0 Å². The van der Waals surface area contributed by atoms with Crippen LogP contribution in [0.2, 0.25) is 10.0 Å². The van der Waals surface area contributed by atoms with Crippen LogP contribution in [0.1, 0.15) is 0 Å². The third-order valence-electron chi connectivity index (χ3n) is 4.87. The van der Waals surface area contributed by atoms with Crippen LogP contribution in [-0.4, -0.2) is 0 Å². The van der Waals surface area contributed by atoms with Crippen LogP contribution in [0, 0.1) is 0 Å². The molecule has 5 rings (SSSR count). The molecule has 4 heteroatoms. The van der Waals surface area contributed by atoms with Gasteiger partial charge in [-0.25, -0.2) is 0 Å². The Kier molecular flexibility index (Phi) is 4.48. The topological polar surface area (TPSA) is 3.24 Å². The summed E-state index contributed by atoms with van der Waals surface area (Å²) >= 11 is 14.7. The lowest BCUT2D eigenvalue weighted by molar-refractivity contribution is 1.31. The summed E-state index contributed by atoms with van der Waals surface area (Å²) < 4.78 is 1.27. The predicted octanol–water partition coefficient (Wildman–Crippen LogP) is 8.83. The first-order chi connectivity index (χ1) is 13.7. The van der Waals surface area contributed by atoms with Gasteiger partial charge >= 0.3 is 0 Å². The third kappa shape index (κ3) is 2.85. The molecule has 0 aliphatic carbocycles. The fourth-order valence-corrected chi connectivity index (χ4v) is 5.03. The Labute approximate surface area is 177 Å². The highest BCUT2D eigenvalue weighted by Crippen LogP contribution is 2.46. The van der Waals surface area contributed by atoms with Crippen molar-refractivity contribution in [3.8, 4) is 0 Å². The molecule has 0 radical (unpaired) electrons. The SMILES string of the molecule is Clc1cccc(N(c2ccccc2)c2csc3c2ccc2ccccc23)c1Cl. The van der Waals surface area contributed by atoms with E-state index < -0.39 is 0 Å². The summed E-state index contributed by atoms with van der Waals surface area (Å²) in [4.78, 5) is 2.18. The van der Waals surface area contributed by atoms with Gasteiger partial charge in [-0.2, -0.15) is 0 Å². The molecule has 1 heterocycles. The molecule has 28 heavy (non-hydrogen) atoms. The Morgan fingerprint density at radius 3 is 2.29 bits per heavy atom. The molecule has 0 fully saturated rings. The largest absolute Gasteiger partial charge is 0.307 e. The van der Waals surface area contributed by atoms with Crippen LogP contribution < -0.4 is 4.90 Å². The van der Waals surface area contributed by atoms with Gasteiger partial charge in [-0.3, -0.25) is 0 Å². The monoisotopic (exact) mass is 419 g/mol. The van der Waals surface area contributed by atoms with Crippen LogP contribution >= 0.6 is 34.5 Å². The van der Waals surface area contributed by atoms with E-state index >= 15 is 0 Å². The second kappa shape index (κ2) is 7.14. The molecule has 0 spiro atoms. The number of hydrogen-bond acceptors (Lipinski definition) is 2. The molecule has 0 aliphatic heterocycles. The summed E-state index contributed by atoms with van der Waals surface area (Å²) in [7, 11) is 0. The minimum Gasteiger partial charge on any atom is -0.307 e. The van der Waals surface area contributed by atoms with E-state index in [-0.39, 0.29) is 0 Å². The minimum absolute atomic E-state index is 0.546. The standard InChI is InChI=1S/C24H15Cl2NS/c25-20-11-6-12-21(23(20)26)27(17-8-2-1-3-9-17)22-15-28-24-18-10-5-4-7-16(18)13-14-19(22)24/h1-15H. The summed E-state index contributed by atoms with van der Waals surface area (Å²) in [5.41, 5.74) is 3.01. The van der Waals surface area contributed by atoms with Gasteiger partial charge in [-0.05, 0) is 35.0 Å². The smallest absolute Gasteiger partial charge is 0.0832 e. The van der Waals surface area contributed by atoms with E-state index in [0.717, 1.165) is 17.1 Å². The maximum Gasteiger partial charge on any atom is 0.0832 e. The lowest BCUT2D eigenvalue weighted by atomic mass is 10.1. The maximum atomic E-state index is 6.63. The molecular weight excluding hydrogens is 405 g/mol. The summed E-state index contributed by atoms with van der Waals surface area (Å²) in [5.74, 6) is 0. The third-order valence-corrected chi connectivity index (χ3v) is 6.70. The van der Waals surface area contributed by atoms with Gasteiger partial charge in [-0.15, -0.1) is 11.3 Å². The zero-order chi connectivity index (χ0) is 19.1. The summed E-state index contributed by atoms with van der Waals surface area (Å²) in [6.45, 7) is 0. The molecule has 0 saturated carbocycles. The minimum atomic E-state index is 0.546. The number of thiophene rings is 1. The lowest BCUT2D eigenvalue weighted by Crippen LogP contribution is -2.10. The fourth-order valence-electron chi connectivity index (χ4n) is 3.57. The average Bonchev–Trinajstić information content (AvgIpc) is 3.16. The van der Waals surface area contributed by atoms with Crippen LogP contribution in [0.25, 0.3) is 20.9 Å². The molecule has 0 aliphatic rings. The van der Waals surface area contributed by atoms with Crippen LogP contribution in [0.5, 0.6) is 0 Å². The highest BCUT2D eigenvalue weighted by atomic mass is 35.5. The Bertz CT molecular complexity index is 1290. The van der Waals surface area contributed by atoms with Gasteiger partial charge in [0.25, 0.3) is 0 Å². The summed E-state index contributed by atoms with van der Waals surface area (Å²) in [6.07, 6.45) is 0. The Hall–Kier alpha value is -2.52. The molecule has 0 atom stereocenters. The molecule has 0 bridgehead atoms. The van der Waals surface area contributed by atoms with Gasteiger partial charge in [-0.1, -0.05) is 83.9 Å². The van der Waals surface area contributed by atoms with Crippen LogP contribution in [0.4, 0.5) is 17.1 Å². The Morgan fingerprint density at radius 2 is 1.43 bits per heavy atom. The lowest BCUT2D eigenvalue weighted by Gasteiger charge is -2.26. The Balaban J connectivity index is 1.81. The van der Waals surface area contributed by atoms with Gasteiger partial charge in [0.1, 0.15) is 0 Å². The zero-order valence-electron chi connectivity index (χ0n) is 14.8. The van der Waals surface area contributed by atoms with Gasteiger partial charge in [0.05, 0.1) is 21.4 Å². The molecule has 136 valence electrons. The van der Waals surface area contributed by atoms with Crippen molar-refractivity contribution in [3.05, 3.63) is 100 Å². The maximum absolute atomic E-state index is 6.63. The van der Waals surface area contributed by atoms with Crippen molar-refractivity contribution < 1.29 is 0 Å². The first-order valence-corrected chi connectivity index (χ1v) is 10.6. The van der Waals surface area contributed by atoms with Gasteiger partial charge in [0.15, 0.2) is 0 Å². The van der Waals surface area contributed by atoms with E-state index in [1.54, 1.807) is 11.3 Å². The molecule has 0 amide bonds. The molecular formula is C24H15Cl2NS. The number of benzene rings is 4. The van der Waals surface area contributed by atoms with E-state index in [2.05, 4.69) is 58.8 Å². The second-order valence-electron chi connectivity index (χ2n) is 6.53. The van der Waals surface area contributed by atoms with Crippen molar-refractivity contribution in [3.63, 3.8) is 0 Å². The van der Waals surface area contributed by atoms with Crippen molar-refractivity contribution in [1.29, 1.82) is 0 Å². The molecule has 1 nitrogen and oxygen atoms in total. The van der Waals surface area contributed by atoms with Gasteiger partial charge in [0, 0.05) is 21.2 Å². The second-order valence-corrected chi connectivity index (χ2v) is 8.19. The first kappa shape index (κ1) is 17.6. The molecule has 0 saturated heterocycles. The number of halogens is 2. The van der Waals surface area contributed by atoms with E-state index in [0.29, 0.717) is 10.0 Å². The first-order valence-electron chi connectivity index (χ1n) is 8.92. The van der Waals surface area contributed by atoms with Gasteiger partial charge < -0.3 is 4.90 Å². The van der Waals surface area contributed by atoms with Gasteiger partial charge in [0.2, 0.25) is 0 Å². The van der Waals surface area contributed by atoms with Crippen molar-refractivity contribution in [2.24, 2.45) is 0 Å². The number of fused-ring (bicyclic) bond motifs is 3. The average molecular weight is 420 g/mol. The van der Waals surface area contributed by atoms with Crippen LogP contribution in [0.3, 0.4) is 0 Å². The van der Waals surface area contributed by atoms with Crippen molar-refractivity contribution >= 4 is 72.5 Å². The van der Waals surface area contributed by atoms with E-state index in [1.165, 1.54) is 20.9 Å². The summed E-state index contributed by atoms with van der Waals surface area (Å²) in [5, 5.41) is 7.00. The number of para-hydroxylation sites is 1. The molecule has 1 aromatic heterocycles. The molecule has 4 aromatic carbocycles. The fraction of sp³-hybridized carbons (Fsp3) is 0. The Morgan fingerprint density at radius 1 is 0.643 bits per heavy atom. The highest BCUT2D eigenvalue weighted by Gasteiger charge is 2.20. The number of anilines is 3. The van der Waals surface area contributed by atoms with Crippen molar-refractivity contribution in [2.75, 3.05) is 4.90 Å². The van der Waals surface area contributed by atoms with E-state index in [1.807, 2.05) is 36.4 Å². The molecule has 0 unspecified atom stereocenters. The number of nitrogens with zero attached hydrogens (tertiary/aromatic N) is 1. The zero-order valence-corrected chi connectivity index (χ0v) is 17.1. The summed E-state index contributed by atoms with van der Waals surface area (Å²) in [6, 6.07) is 28.9. The van der Waals surface area contributed by atoms with E-state index in [9.17, 15) is 0 Å².